The zero-order valence-corrected chi connectivity index (χ0v) is 16.9. The Morgan fingerprint density at radius 3 is 2.16 bits per heavy atom. The van der Waals surface area contributed by atoms with Crippen LogP contribution in [0.3, 0.4) is 0 Å². The second kappa shape index (κ2) is 23.2. The summed E-state index contributed by atoms with van der Waals surface area (Å²) < 4.78 is 31.8. The van der Waals surface area contributed by atoms with Crippen molar-refractivity contribution in [2.75, 3.05) is 72.0 Å². The van der Waals surface area contributed by atoms with E-state index in [1.807, 2.05) is 22.6 Å². The van der Waals surface area contributed by atoms with Crippen molar-refractivity contribution in [2.24, 2.45) is 0 Å². The number of aromatic nitrogens is 2. The largest absolute Gasteiger partial charge is 0.446 e. The summed E-state index contributed by atoms with van der Waals surface area (Å²) in [4.78, 5) is 15.4. The number of rotatable bonds is 11. The Hall–Kier alpha value is -0.790. The van der Waals surface area contributed by atoms with Crippen LogP contribution in [0.2, 0.25) is 0 Å². The number of hydrogen-bond acceptors (Lipinski definition) is 8. The minimum Gasteiger partial charge on any atom is -0.446 e. The molecule has 1 N–H and O–H groups in total. The molecule has 0 aliphatic heterocycles. The Bertz CT molecular complexity index is 380. The van der Waals surface area contributed by atoms with Crippen molar-refractivity contribution < 1.29 is 35.0 Å². The summed E-state index contributed by atoms with van der Waals surface area (Å²) in [7, 11) is 3.21. The molecule has 0 aliphatic rings. The van der Waals surface area contributed by atoms with E-state index in [0.29, 0.717) is 44.5 Å². The maximum Gasteiger partial charge on any atom is 0.419 e. The van der Waals surface area contributed by atoms with Crippen LogP contribution in [0.1, 0.15) is 1.37 Å². The van der Waals surface area contributed by atoms with Crippen molar-refractivity contribution in [3.05, 3.63) is 18.7 Å². The molecular formula is C15H29IN2O7. The second-order valence-corrected chi connectivity index (χ2v) is 4.02. The number of alkyl halides is 1. The Labute approximate surface area is 164 Å². The van der Waals surface area contributed by atoms with Crippen LogP contribution in [0.25, 0.3) is 0 Å². The lowest BCUT2D eigenvalue weighted by atomic mass is 10.7. The maximum absolute atomic E-state index is 11.2. The number of aliphatic hydroxyl groups is 1. The monoisotopic (exact) mass is 477 g/mol. The fourth-order valence-electron chi connectivity index (χ4n) is 1.18. The van der Waals surface area contributed by atoms with Crippen LogP contribution in [-0.2, 0) is 23.7 Å². The molecule has 1 heterocycles. The molecule has 25 heavy (non-hydrogen) atoms. The standard InChI is InChI=1S/C9H14N2O4.C5H12O3.CH3I/c1-13-4-5-14-6-7-15-9(12)11-3-2-10-8-11;1-7-4-5-8-3-2-6;1-2/h2-3,8H,4-7H2,1H3;6H,2-5H2,1H3;1H3/i;;1D. The zero-order valence-electron chi connectivity index (χ0n) is 15.8. The highest BCUT2D eigenvalue weighted by Crippen LogP contribution is 1.89. The Balaban J connectivity index is 0. The van der Waals surface area contributed by atoms with Crippen LogP contribution in [0, 0.1) is 0 Å². The van der Waals surface area contributed by atoms with E-state index in [0.717, 1.165) is 0 Å². The Kier molecular flexibility index (Phi) is 22.5. The van der Waals surface area contributed by atoms with Crippen LogP contribution in [-0.4, -0.2) is 92.7 Å². The molecule has 0 atom stereocenters. The van der Waals surface area contributed by atoms with E-state index in [9.17, 15) is 4.79 Å². The van der Waals surface area contributed by atoms with Gasteiger partial charge in [0.25, 0.3) is 0 Å². The molecule has 0 unspecified atom stereocenters. The summed E-state index contributed by atoms with van der Waals surface area (Å²) in [5.41, 5.74) is 0. The fourth-order valence-corrected chi connectivity index (χ4v) is 1.18. The van der Waals surface area contributed by atoms with E-state index in [4.69, 9.17) is 25.4 Å². The lowest BCUT2D eigenvalue weighted by molar-refractivity contribution is 0.0424. The summed E-state index contributed by atoms with van der Waals surface area (Å²) in [5.74, 6) is 0. The van der Waals surface area contributed by atoms with Gasteiger partial charge in [0.05, 0.1) is 46.2 Å². The van der Waals surface area contributed by atoms with Crippen LogP contribution in [0.15, 0.2) is 18.7 Å². The van der Waals surface area contributed by atoms with Gasteiger partial charge in [-0.05, 0) is 4.91 Å². The first-order chi connectivity index (χ1) is 12.7. The summed E-state index contributed by atoms with van der Waals surface area (Å²) in [6.45, 7) is 3.28. The van der Waals surface area contributed by atoms with E-state index in [2.05, 4.69) is 9.72 Å². The molecule has 10 heteroatoms. The van der Waals surface area contributed by atoms with Crippen molar-refractivity contribution in [2.45, 2.75) is 0 Å². The maximum atomic E-state index is 11.2. The molecule has 0 bridgehead atoms. The predicted molar refractivity (Wildman–Crippen MR) is 101 cm³/mol. The van der Waals surface area contributed by atoms with Crippen LogP contribution < -0.4 is 0 Å². The minimum absolute atomic E-state index is 0.0870. The molecule has 0 aliphatic carbocycles. The quantitative estimate of drug-likeness (QED) is 0.289. The molecule has 9 nitrogen and oxygen atoms in total. The van der Waals surface area contributed by atoms with Gasteiger partial charge in [-0.2, -0.15) is 0 Å². The van der Waals surface area contributed by atoms with Gasteiger partial charge in [0.15, 0.2) is 0 Å². The number of aliphatic hydroxyl groups excluding tert-OH is 1. The molecule has 1 rings (SSSR count). The van der Waals surface area contributed by atoms with Gasteiger partial charge >= 0.3 is 6.09 Å². The first-order valence-electron chi connectivity index (χ1n) is 8.13. The lowest BCUT2D eigenvalue weighted by Crippen LogP contribution is -2.16. The number of halogens is 1. The third-order valence-corrected chi connectivity index (χ3v) is 2.27. The first kappa shape index (κ1) is 24.2. The van der Waals surface area contributed by atoms with Gasteiger partial charge in [0.1, 0.15) is 12.9 Å². The first-order valence-corrected chi connectivity index (χ1v) is 8.94. The smallest absolute Gasteiger partial charge is 0.419 e. The Morgan fingerprint density at radius 1 is 1.12 bits per heavy atom. The molecule has 0 fully saturated rings. The molecule has 1 aromatic rings. The molecular weight excluding hydrogens is 447 g/mol. The highest BCUT2D eigenvalue weighted by Gasteiger charge is 2.03. The SMILES string of the molecule is COCCOCCO.COCCOCCOC(=O)n1ccnc1.[2H]CI. The van der Waals surface area contributed by atoms with E-state index >= 15 is 0 Å². The van der Waals surface area contributed by atoms with Gasteiger partial charge in [-0.15, -0.1) is 0 Å². The lowest BCUT2D eigenvalue weighted by Gasteiger charge is -2.05. The summed E-state index contributed by atoms with van der Waals surface area (Å²) >= 11 is 1.96. The minimum atomic E-state index is -0.456. The van der Waals surface area contributed by atoms with E-state index in [1.54, 1.807) is 14.2 Å². The molecule has 0 amide bonds. The van der Waals surface area contributed by atoms with Gasteiger partial charge in [0, 0.05) is 28.0 Å². The summed E-state index contributed by atoms with van der Waals surface area (Å²) in [6, 6.07) is 0. The number of carbonyl (C=O) groups is 1. The highest BCUT2D eigenvalue weighted by atomic mass is 127. The number of ether oxygens (including phenoxy) is 5. The third-order valence-electron chi connectivity index (χ3n) is 2.27. The van der Waals surface area contributed by atoms with E-state index < -0.39 is 6.09 Å². The summed E-state index contributed by atoms with van der Waals surface area (Å²) in [5, 5.41) is 8.20. The van der Waals surface area contributed by atoms with Crippen LogP contribution in [0.4, 0.5) is 4.79 Å². The third kappa shape index (κ3) is 19.4. The van der Waals surface area contributed by atoms with Gasteiger partial charge in [-0.3, -0.25) is 0 Å². The molecule has 0 spiro atoms. The summed E-state index contributed by atoms with van der Waals surface area (Å²) in [6.07, 6.45) is 3.96. The number of methoxy groups -OCH3 is 2. The van der Waals surface area contributed by atoms with Crippen molar-refractivity contribution >= 4 is 28.7 Å². The topological polar surface area (TPSA) is 101 Å². The van der Waals surface area contributed by atoms with Crippen LogP contribution in [0.5, 0.6) is 0 Å². The predicted octanol–water partition coefficient (Wildman–Crippen LogP) is 1.22. The van der Waals surface area contributed by atoms with Crippen molar-refractivity contribution in [3.63, 3.8) is 0 Å². The van der Waals surface area contributed by atoms with E-state index in [-0.39, 0.29) is 13.2 Å². The average Bonchev–Trinajstić information content (AvgIpc) is 3.18. The molecule has 1 aromatic heterocycles. The number of carbonyl (C=O) groups excluding carboxylic acids is 1. The van der Waals surface area contributed by atoms with Gasteiger partial charge in [-0.1, -0.05) is 22.6 Å². The highest BCUT2D eigenvalue weighted by molar-refractivity contribution is 14.1. The van der Waals surface area contributed by atoms with Crippen LogP contribution >= 0.6 is 22.6 Å². The number of imidazole rings is 1. The van der Waals surface area contributed by atoms with Crippen molar-refractivity contribution in [1.29, 1.82) is 0 Å². The Morgan fingerprint density at radius 2 is 1.68 bits per heavy atom. The van der Waals surface area contributed by atoms with E-state index in [1.165, 1.54) is 23.3 Å². The fraction of sp³-hybridized carbons (Fsp3) is 0.733. The van der Waals surface area contributed by atoms with Gasteiger partial charge in [-0.25, -0.2) is 14.3 Å². The van der Waals surface area contributed by atoms with Gasteiger partial charge < -0.3 is 28.8 Å². The number of hydrogen-bond donors (Lipinski definition) is 1. The molecule has 148 valence electrons. The molecule has 0 saturated carbocycles. The van der Waals surface area contributed by atoms with Crippen molar-refractivity contribution in [1.82, 2.24) is 9.55 Å². The normalized spacial score (nSPS) is 10.0. The van der Waals surface area contributed by atoms with Gasteiger partial charge in [0.2, 0.25) is 0 Å². The molecule has 0 radical (unpaired) electrons. The number of nitrogens with zero attached hydrogens (tertiary/aromatic N) is 2. The average molecular weight is 477 g/mol. The van der Waals surface area contributed by atoms with Crippen molar-refractivity contribution in [3.8, 4) is 0 Å². The second-order valence-electron chi connectivity index (χ2n) is 4.02. The molecule has 0 saturated heterocycles. The molecule has 0 aromatic carbocycles. The zero-order chi connectivity index (χ0) is 19.9.